The first-order chi connectivity index (χ1) is 12.4. The zero-order valence-corrected chi connectivity index (χ0v) is 13.7. The molecule has 2 aliphatic rings. The van der Waals surface area contributed by atoms with Crippen LogP contribution in [0.5, 0.6) is 23.0 Å². The van der Waals surface area contributed by atoms with E-state index in [-0.39, 0.29) is 17.5 Å². The monoisotopic (exact) mass is 329 g/mol. The second-order valence-corrected chi connectivity index (χ2v) is 6.18. The molecule has 0 spiro atoms. The third kappa shape index (κ3) is 2.27. The highest BCUT2D eigenvalue weighted by Crippen LogP contribution is 2.43. The summed E-state index contributed by atoms with van der Waals surface area (Å²) in [4.78, 5) is 1.82. The summed E-state index contributed by atoms with van der Waals surface area (Å²) in [6.45, 7) is -1.19. The van der Waals surface area contributed by atoms with Crippen LogP contribution in [0.4, 0.5) is 0 Å². The molecule has 4 rings (SSSR count). The molecule has 2 aromatic carbocycles. The van der Waals surface area contributed by atoms with E-state index < -0.39 is 6.50 Å². The summed E-state index contributed by atoms with van der Waals surface area (Å²) >= 11 is 0. The van der Waals surface area contributed by atoms with E-state index in [9.17, 15) is 10.2 Å². The Bertz CT molecular complexity index is 884. The lowest BCUT2D eigenvalue weighted by Gasteiger charge is -2.41. The number of nitrogens with zero attached hydrogens (tertiary/aromatic N) is 1. The van der Waals surface area contributed by atoms with Crippen LogP contribution in [0.15, 0.2) is 24.3 Å². The molecule has 24 heavy (non-hydrogen) atoms. The van der Waals surface area contributed by atoms with Gasteiger partial charge in [0.05, 0.1) is 14.2 Å². The van der Waals surface area contributed by atoms with Gasteiger partial charge in [-0.2, -0.15) is 0 Å². The third-order valence-electron chi connectivity index (χ3n) is 4.88. The molecule has 0 saturated carbocycles. The summed E-state index contributed by atoms with van der Waals surface area (Å²) in [6, 6.07) is 6.52. The highest BCUT2D eigenvalue weighted by molar-refractivity contribution is 5.52. The molecule has 1 atom stereocenters. The van der Waals surface area contributed by atoms with Crippen molar-refractivity contribution in [2.45, 2.75) is 25.4 Å². The number of phenols is 2. The molecule has 0 aliphatic carbocycles. The molecule has 5 heteroatoms. The minimum atomic E-state index is -1.74. The number of rotatable bonds is 2. The Balaban J connectivity index is 1.86. The van der Waals surface area contributed by atoms with Crippen molar-refractivity contribution in [1.29, 1.82) is 0 Å². The van der Waals surface area contributed by atoms with E-state index >= 15 is 0 Å². The minimum Gasteiger partial charge on any atom is -0.504 e. The van der Waals surface area contributed by atoms with Gasteiger partial charge in [-0.1, -0.05) is 0 Å². The van der Waals surface area contributed by atoms with Crippen LogP contribution in [0, 0.1) is 0 Å². The highest BCUT2D eigenvalue weighted by atomic mass is 16.5. The molecule has 1 unspecified atom stereocenters. The molecule has 0 radical (unpaired) electrons. The number of hydrogen-bond donors (Lipinski definition) is 2. The van der Waals surface area contributed by atoms with Crippen LogP contribution < -0.4 is 9.47 Å². The highest BCUT2D eigenvalue weighted by Gasteiger charge is 2.33. The number of ether oxygens (including phenoxy) is 2. The maximum absolute atomic E-state index is 9.86. The van der Waals surface area contributed by atoms with E-state index in [1.807, 2.05) is 17.0 Å². The van der Waals surface area contributed by atoms with Crippen molar-refractivity contribution >= 4 is 0 Å². The Morgan fingerprint density at radius 2 is 1.67 bits per heavy atom. The lowest BCUT2D eigenvalue weighted by Crippen LogP contribution is -2.39. The van der Waals surface area contributed by atoms with Crippen LogP contribution in [0.1, 0.15) is 31.0 Å². The average Bonchev–Trinajstić information content (AvgIpc) is 2.62. The maximum atomic E-state index is 9.86. The molecular formula is C19H21NO4. The van der Waals surface area contributed by atoms with Crippen molar-refractivity contribution in [1.82, 2.24) is 4.90 Å². The van der Waals surface area contributed by atoms with Crippen molar-refractivity contribution in [3.63, 3.8) is 0 Å². The number of methoxy groups -OCH3 is 2. The zero-order valence-electron chi connectivity index (χ0n) is 15.7. The van der Waals surface area contributed by atoms with Crippen molar-refractivity contribution in [2.24, 2.45) is 0 Å². The normalized spacial score (nSPS) is 22.5. The fourth-order valence-electron chi connectivity index (χ4n) is 3.64. The van der Waals surface area contributed by atoms with E-state index in [0.717, 1.165) is 11.1 Å². The van der Waals surface area contributed by atoms with Gasteiger partial charge in [-0.15, -0.1) is 0 Å². The largest absolute Gasteiger partial charge is 0.504 e. The fourth-order valence-corrected chi connectivity index (χ4v) is 3.64. The molecule has 126 valence electrons. The van der Waals surface area contributed by atoms with Gasteiger partial charge in [-0.25, -0.2) is 0 Å². The second kappa shape index (κ2) is 5.60. The smallest absolute Gasteiger partial charge is 0.161 e. The Hall–Kier alpha value is -2.40. The number of benzene rings is 2. The topological polar surface area (TPSA) is 62.2 Å². The molecular weight excluding hydrogens is 306 g/mol. The van der Waals surface area contributed by atoms with Gasteiger partial charge in [-0.3, -0.25) is 4.90 Å². The number of fused-ring (bicyclic) bond motifs is 4. The Morgan fingerprint density at radius 1 is 1.00 bits per heavy atom. The number of phenolic OH excluding ortho intramolecular Hbond substituents is 2. The van der Waals surface area contributed by atoms with Gasteiger partial charge in [0.15, 0.2) is 23.0 Å². The maximum Gasteiger partial charge on any atom is 0.161 e. The zero-order chi connectivity index (χ0) is 18.6. The van der Waals surface area contributed by atoms with Crippen LogP contribution in [-0.4, -0.2) is 35.9 Å². The van der Waals surface area contributed by atoms with Gasteiger partial charge in [0.2, 0.25) is 0 Å². The number of aromatic hydroxyl groups is 2. The molecule has 0 fully saturated rings. The molecule has 2 aromatic rings. The second-order valence-electron chi connectivity index (χ2n) is 6.18. The quantitative estimate of drug-likeness (QED) is 0.830. The van der Waals surface area contributed by atoms with E-state index in [0.29, 0.717) is 42.0 Å². The summed E-state index contributed by atoms with van der Waals surface area (Å²) in [5, 5.41) is 19.7. The first-order valence-electron chi connectivity index (χ1n) is 8.93. The molecule has 0 bridgehead atoms. The fraction of sp³-hybridized carbons (Fsp3) is 0.368. The minimum absolute atomic E-state index is 0.176. The predicted molar refractivity (Wildman–Crippen MR) is 89.9 cm³/mol. The van der Waals surface area contributed by atoms with Gasteiger partial charge < -0.3 is 19.7 Å². The Morgan fingerprint density at radius 3 is 2.38 bits per heavy atom. The first-order valence-corrected chi connectivity index (χ1v) is 7.93. The molecule has 2 heterocycles. The van der Waals surface area contributed by atoms with Gasteiger partial charge in [0, 0.05) is 21.8 Å². The van der Waals surface area contributed by atoms with E-state index in [4.69, 9.17) is 12.2 Å². The van der Waals surface area contributed by atoms with Gasteiger partial charge in [0.25, 0.3) is 0 Å². The van der Waals surface area contributed by atoms with Gasteiger partial charge in [0.1, 0.15) is 0 Å². The molecule has 0 aromatic heterocycles. The standard InChI is InChI=1S/C19H21NO4/c1-23-18-8-11-3-4-20-10-13-7-17(22)16(21)6-12(13)5-15(20)14(11)9-19(18)24-2/h6-9,15,21-22H,3-5,10H2,1-2H3/i10D2. The van der Waals surface area contributed by atoms with Crippen LogP contribution in [-0.2, 0) is 19.3 Å². The predicted octanol–water partition coefficient (Wildman–Crippen LogP) is 2.77. The summed E-state index contributed by atoms with van der Waals surface area (Å²) in [7, 11) is 3.19. The summed E-state index contributed by atoms with van der Waals surface area (Å²) in [6.07, 6.45) is 1.25. The van der Waals surface area contributed by atoms with Crippen molar-refractivity contribution in [3.05, 3.63) is 46.5 Å². The Kier molecular flexibility index (Phi) is 3.02. The molecule has 0 amide bonds. The summed E-state index contributed by atoms with van der Waals surface area (Å²) < 4.78 is 28.1. The van der Waals surface area contributed by atoms with Gasteiger partial charge in [-0.05, 0) is 59.4 Å². The summed E-state index contributed by atoms with van der Waals surface area (Å²) in [5.74, 6) is 0.765. The lowest BCUT2D eigenvalue weighted by molar-refractivity contribution is 0.160. The van der Waals surface area contributed by atoms with Crippen LogP contribution >= 0.6 is 0 Å². The van der Waals surface area contributed by atoms with E-state index in [1.54, 1.807) is 14.2 Å². The third-order valence-corrected chi connectivity index (χ3v) is 4.88. The van der Waals surface area contributed by atoms with E-state index in [2.05, 4.69) is 0 Å². The molecule has 5 nitrogen and oxygen atoms in total. The molecule has 0 saturated heterocycles. The number of hydrogen-bond acceptors (Lipinski definition) is 5. The SMILES string of the molecule is [2H]C1([2H])c2cc(O)c(O)cc2CC2c3cc(OC)c(OC)cc3CCN21. The van der Waals surface area contributed by atoms with Crippen LogP contribution in [0.25, 0.3) is 0 Å². The van der Waals surface area contributed by atoms with E-state index in [1.165, 1.54) is 12.1 Å². The average molecular weight is 329 g/mol. The first kappa shape index (κ1) is 13.0. The molecule has 2 aliphatic heterocycles. The lowest BCUT2D eigenvalue weighted by atomic mass is 9.83. The van der Waals surface area contributed by atoms with Gasteiger partial charge >= 0.3 is 0 Å². The molecule has 2 N–H and O–H groups in total. The summed E-state index contributed by atoms with van der Waals surface area (Å²) in [5.41, 5.74) is 3.24. The van der Waals surface area contributed by atoms with Crippen molar-refractivity contribution < 1.29 is 22.4 Å². The Labute approximate surface area is 143 Å². The van der Waals surface area contributed by atoms with Crippen molar-refractivity contribution in [3.8, 4) is 23.0 Å². The van der Waals surface area contributed by atoms with Crippen LogP contribution in [0.2, 0.25) is 0 Å². The van der Waals surface area contributed by atoms with Crippen molar-refractivity contribution in [2.75, 3.05) is 20.8 Å². The van der Waals surface area contributed by atoms with Crippen LogP contribution in [0.3, 0.4) is 0 Å².